The van der Waals surface area contributed by atoms with Crippen molar-refractivity contribution in [2.75, 3.05) is 13.7 Å². The molecule has 0 radical (unpaired) electrons. The van der Waals surface area contributed by atoms with Gasteiger partial charge in [0.2, 0.25) is 0 Å². The predicted octanol–water partition coefficient (Wildman–Crippen LogP) is 0.827. The average molecular weight is 282 g/mol. The minimum atomic E-state index is -1.10. The first kappa shape index (κ1) is 15.9. The SMILES string of the molecule is COCCCC(NC(=O)c1cc(C(C)=O)c[nH]1)C(=O)O. The Morgan fingerprint density at radius 2 is 2.15 bits per heavy atom. The molecule has 0 aliphatic heterocycles. The number of hydrogen-bond acceptors (Lipinski definition) is 4. The van der Waals surface area contributed by atoms with Gasteiger partial charge in [0, 0.05) is 25.5 Å². The molecule has 0 aliphatic carbocycles. The number of carbonyl (C=O) groups is 3. The molecule has 1 aromatic heterocycles. The summed E-state index contributed by atoms with van der Waals surface area (Å²) >= 11 is 0. The van der Waals surface area contributed by atoms with Crippen LogP contribution in [-0.4, -0.2) is 47.5 Å². The van der Waals surface area contributed by atoms with Crippen molar-refractivity contribution in [3.05, 3.63) is 23.5 Å². The number of amides is 1. The number of hydrogen-bond donors (Lipinski definition) is 3. The summed E-state index contributed by atoms with van der Waals surface area (Å²) in [6, 6.07) is 0.410. The summed E-state index contributed by atoms with van der Waals surface area (Å²) in [5, 5.41) is 11.4. The molecular formula is C13H18N2O5. The van der Waals surface area contributed by atoms with Gasteiger partial charge in [-0.2, -0.15) is 0 Å². The topological polar surface area (TPSA) is 108 Å². The number of ether oxygens (including phenoxy) is 1. The van der Waals surface area contributed by atoms with E-state index in [1.807, 2.05) is 0 Å². The number of Topliss-reactive ketones (excluding diaryl/α,β-unsaturated/α-hetero) is 1. The van der Waals surface area contributed by atoms with Gasteiger partial charge in [0.05, 0.1) is 0 Å². The molecule has 0 saturated heterocycles. The second-order valence-corrected chi connectivity index (χ2v) is 4.36. The number of carboxylic acid groups (broad SMARTS) is 1. The first-order valence-electron chi connectivity index (χ1n) is 6.17. The van der Waals surface area contributed by atoms with E-state index in [1.54, 1.807) is 0 Å². The Bertz CT molecular complexity index is 495. The molecular weight excluding hydrogens is 264 g/mol. The number of aromatic nitrogens is 1. The van der Waals surface area contributed by atoms with Gasteiger partial charge in [-0.1, -0.05) is 0 Å². The summed E-state index contributed by atoms with van der Waals surface area (Å²) in [5.74, 6) is -1.83. The van der Waals surface area contributed by atoms with E-state index in [4.69, 9.17) is 9.84 Å². The van der Waals surface area contributed by atoms with Crippen molar-refractivity contribution < 1.29 is 24.2 Å². The van der Waals surface area contributed by atoms with Gasteiger partial charge in [0.15, 0.2) is 5.78 Å². The number of H-pyrrole nitrogens is 1. The third kappa shape index (κ3) is 4.51. The number of rotatable bonds is 8. The molecule has 20 heavy (non-hydrogen) atoms. The standard InChI is InChI=1S/C13H18N2O5/c1-8(16)9-6-11(14-7-9)12(17)15-10(13(18)19)4-3-5-20-2/h6-7,10,14H,3-5H2,1-2H3,(H,15,17)(H,18,19). The van der Waals surface area contributed by atoms with E-state index in [1.165, 1.54) is 26.3 Å². The van der Waals surface area contributed by atoms with E-state index >= 15 is 0 Å². The summed E-state index contributed by atoms with van der Waals surface area (Å²) in [5.41, 5.74) is 0.537. The minimum absolute atomic E-state index is 0.160. The summed E-state index contributed by atoms with van der Waals surface area (Å²) in [4.78, 5) is 36.7. The van der Waals surface area contributed by atoms with Crippen molar-refractivity contribution in [1.29, 1.82) is 0 Å². The van der Waals surface area contributed by atoms with E-state index in [-0.39, 0.29) is 17.9 Å². The highest BCUT2D eigenvalue weighted by atomic mass is 16.5. The fourth-order valence-corrected chi connectivity index (χ4v) is 1.65. The molecule has 7 heteroatoms. The lowest BCUT2D eigenvalue weighted by Crippen LogP contribution is -2.41. The van der Waals surface area contributed by atoms with Crippen LogP contribution < -0.4 is 5.32 Å². The molecule has 1 atom stereocenters. The lowest BCUT2D eigenvalue weighted by atomic mass is 10.1. The van der Waals surface area contributed by atoms with Gasteiger partial charge in [-0.15, -0.1) is 0 Å². The molecule has 1 aromatic rings. The van der Waals surface area contributed by atoms with Crippen LogP contribution in [0.1, 0.15) is 40.6 Å². The van der Waals surface area contributed by atoms with Crippen LogP contribution >= 0.6 is 0 Å². The fourth-order valence-electron chi connectivity index (χ4n) is 1.65. The molecule has 1 heterocycles. The Balaban J connectivity index is 2.64. The van der Waals surface area contributed by atoms with Crippen LogP contribution in [0.2, 0.25) is 0 Å². The Morgan fingerprint density at radius 3 is 2.65 bits per heavy atom. The zero-order valence-electron chi connectivity index (χ0n) is 11.4. The maximum atomic E-state index is 11.9. The van der Waals surface area contributed by atoms with Crippen LogP contribution in [0.3, 0.4) is 0 Å². The van der Waals surface area contributed by atoms with Crippen LogP contribution in [0.5, 0.6) is 0 Å². The molecule has 110 valence electrons. The number of methoxy groups -OCH3 is 1. The second kappa shape index (κ2) is 7.44. The first-order valence-corrected chi connectivity index (χ1v) is 6.17. The smallest absolute Gasteiger partial charge is 0.326 e. The van der Waals surface area contributed by atoms with Crippen LogP contribution in [0.25, 0.3) is 0 Å². The number of nitrogens with one attached hydrogen (secondary N) is 2. The molecule has 1 rings (SSSR count). The lowest BCUT2D eigenvalue weighted by molar-refractivity contribution is -0.139. The summed E-state index contributed by atoms with van der Waals surface area (Å²) in [7, 11) is 1.52. The van der Waals surface area contributed by atoms with Gasteiger partial charge in [-0.05, 0) is 25.8 Å². The number of carbonyl (C=O) groups excluding carboxylic acids is 2. The Morgan fingerprint density at radius 1 is 1.45 bits per heavy atom. The summed E-state index contributed by atoms with van der Waals surface area (Å²) < 4.78 is 4.84. The van der Waals surface area contributed by atoms with Crippen LogP contribution in [-0.2, 0) is 9.53 Å². The van der Waals surface area contributed by atoms with Gasteiger partial charge in [0.1, 0.15) is 11.7 Å². The maximum absolute atomic E-state index is 11.9. The Hall–Kier alpha value is -2.15. The van der Waals surface area contributed by atoms with E-state index in [2.05, 4.69) is 10.3 Å². The molecule has 0 aromatic carbocycles. The monoisotopic (exact) mass is 282 g/mol. The third-order valence-electron chi connectivity index (χ3n) is 2.78. The van der Waals surface area contributed by atoms with E-state index in [0.717, 1.165) is 0 Å². The number of aliphatic carboxylic acids is 1. The highest BCUT2D eigenvalue weighted by Gasteiger charge is 2.21. The van der Waals surface area contributed by atoms with Gasteiger partial charge < -0.3 is 20.1 Å². The largest absolute Gasteiger partial charge is 0.480 e. The number of aromatic amines is 1. The normalized spacial score (nSPS) is 11.9. The maximum Gasteiger partial charge on any atom is 0.326 e. The van der Waals surface area contributed by atoms with Crippen LogP contribution in [0, 0.1) is 0 Å². The Labute approximate surface area is 116 Å². The highest BCUT2D eigenvalue weighted by molar-refractivity contribution is 6.00. The third-order valence-corrected chi connectivity index (χ3v) is 2.78. The lowest BCUT2D eigenvalue weighted by Gasteiger charge is -2.13. The van der Waals surface area contributed by atoms with Crippen LogP contribution in [0.4, 0.5) is 0 Å². The van der Waals surface area contributed by atoms with Crippen molar-refractivity contribution >= 4 is 17.7 Å². The van der Waals surface area contributed by atoms with Crippen molar-refractivity contribution in [2.45, 2.75) is 25.8 Å². The molecule has 7 nitrogen and oxygen atoms in total. The summed E-state index contributed by atoms with van der Waals surface area (Å²) in [6.45, 7) is 1.81. The molecule has 0 aliphatic rings. The van der Waals surface area contributed by atoms with Gasteiger partial charge in [0.25, 0.3) is 5.91 Å². The Kier molecular flexibility index (Phi) is 5.92. The van der Waals surface area contributed by atoms with Gasteiger partial charge in [-0.25, -0.2) is 4.79 Å². The van der Waals surface area contributed by atoms with Crippen LogP contribution in [0.15, 0.2) is 12.3 Å². The van der Waals surface area contributed by atoms with E-state index in [9.17, 15) is 14.4 Å². The highest BCUT2D eigenvalue weighted by Crippen LogP contribution is 2.06. The van der Waals surface area contributed by atoms with E-state index in [0.29, 0.717) is 18.6 Å². The van der Waals surface area contributed by atoms with E-state index < -0.39 is 17.9 Å². The van der Waals surface area contributed by atoms with Crippen molar-refractivity contribution in [3.8, 4) is 0 Å². The number of carboxylic acids is 1. The average Bonchev–Trinajstić information content (AvgIpc) is 2.87. The van der Waals surface area contributed by atoms with Gasteiger partial charge in [-0.3, -0.25) is 9.59 Å². The molecule has 1 unspecified atom stereocenters. The zero-order chi connectivity index (χ0) is 15.1. The zero-order valence-corrected chi connectivity index (χ0v) is 11.4. The minimum Gasteiger partial charge on any atom is -0.480 e. The molecule has 0 spiro atoms. The predicted molar refractivity (Wildman–Crippen MR) is 70.8 cm³/mol. The molecule has 1 amide bonds. The van der Waals surface area contributed by atoms with Crippen molar-refractivity contribution in [3.63, 3.8) is 0 Å². The van der Waals surface area contributed by atoms with Gasteiger partial charge >= 0.3 is 5.97 Å². The second-order valence-electron chi connectivity index (χ2n) is 4.36. The molecule has 3 N–H and O–H groups in total. The fraction of sp³-hybridized carbons (Fsp3) is 0.462. The molecule has 0 saturated carbocycles. The van der Waals surface area contributed by atoms with Crippen molar-refractivity contribution in [1.82, 2.24) is 10.3 Å². The molecule has 0 bridgehead atoms. The molecule has 0 fully saturated rings. The quantitative estimate of drug-likeness (QED) is 0.483. The van der Waals surface area contributed by atoms with Crippen molar-refractivity contribution in [2.24, 2.45) is 0 Å². The first-order chi connectivity index (χ1) is 9.45. The summed E-state index contributed by atoms with van der Waals surface area (Å²) in [6.07, 6.45) is 2.21. The number of ketones is 1.